The molecule has 0 aliphatic carbocycles. The summed E-state index contributed by atoms with van der Waals surface area (Å²) in [6, 6.07) is 14.0. The minimum atomic E-state index is -1.11. The van der Waals surface area contributed by atoms with Gasteiger partial charge in [0, 0.05) is 55.7 Å². The second kappa shape index (κ2) is 22.1. The van der Waals surface area contributed by atoms with Gasteiger partial charge >= 0.3 is 23.9 Å². The van der Waals surface area contributed by atoms with Gasteiger partial charge in [0.15, 0.2) is 11.1 Å². The molecule has 1 saturated heterocycles. The number of phenolic OH excluding ortho intramolecular Hbond substituents is 4. The third-order valence-electron chi connectivity index (χ3n) is 14.5. The maximum atomic E-state index is 15.1. The molecule has 12 nitrogen and oxygen atoms in total. The Labute approximate surface area is 477 Å². The summed E-state index contributed by atoms with van der Waals surface area (Å²) < 4.78 is 23.8. The normalized spacial score (nSPS) is 15.4. The van der Waals surface area contributed by atoms with Crippen molar-refractivity contribution in [2.45, 2.75) is 209 Å². The second-order valence-corrected chi connectivity index (χ2v) is 29.7. The average Bonchev–Trinajstić information content (AvgIpc) is 3.27. The molecule has 0 radical (unpaired) electrons. The molecule has 1 aliphatic heterocycles. The predicted octanol–water partition coefficient (Wildman–Crippen LogP) is 14.4. The molecular weight excluding hydrogens is 1010 g/mol. The third-order valence-corrected chi connectivity index (χ3v) is 14.5. The van der Waals surface area contributed by atoms with E-state index in [2.05, 4.69) is 0 Å². The van der Waals surface area contributed by atoms with E-state index in [0.29, 0.717) is 66.8 Å². The number of carbonyl (C=O) groups excluding carboxylic acids is 4. The molecule has 436 valence electrons. The Morgan fingerprint density at radius 1 is 0.275 bits per heavy atom. The molecule has 1 heterocycles. The summed E-state index contributed by atoms with van der Waals surface area (Å²) in [5.74, 6) is -4.19. The first-order valence-corrected chi connectivity index (χ1v) is 27.8. The van der Waals surface area contributed by atoms with E-state index in [1.807, 2.05) is 166 Å². The lowest BCUT2D eigenvalue weighted by Crippen LogP contribution is -2.28. The number of cyclic esters (lactones) is 4. The molecule has 4 aromatic rings. The SMILES string of the molecule is CC(C)(C)c1cc(C(=C2C(=O)OCCOC(=O)C(=C(c3cc(C(C)(C)C)c(O)c(C(C)(C)C)c3)c3cc(C(C)(C)C)c(O)c(C(C)(C)C)c3)C(=O)OCCOC2=O)c2cc(C(C)(C)C)c(O)c(C(C)(C)C)c2)cc(C(C)(C)C)c1O. The molecule has 1 aliphatic rings. The van der Waals surface area contributed by atoms with E-state index in [-0.39, 0.29) is 34.1 Å². The lowest BCUT2D eigenvalue weighted by Gasteiger charge is -2.31. The molecule has 4 N–H and O–H groups in total. The van der Waals surface area contributed by atoms with E-state index in [1.54, 1.807) is 48.5 Å². The van der Waals surface area contributed by atoms with E-state index in [9.17, 15) is 20.4 Å². The number of benzene rings is 4. The van der Waals surface area contributed by atoms with Crippen molar-refractivity contribution in [1.82, 2.24) is 0 Å². The van der Waals surface area contributed by atoms with Crippen molar-refractivity contribution in [3.63, 3.8) is 0 Å². The highest BCUT2D eigenvalue weighted by molar-refractivity contribution is 6.23. The molecule has 0 aromatic heterocycles. The fourth-order valence-corrected chi connectivity index (χ4v) is 10.0. The summed E-state index contributed by atoms with van der Waals surface area (Å²) >= 11 is 0. The van der Waals surface area contributed by atoms with E-state index < -0.39 is 105 Å². The van der Waals surface area contributed by atoms with Gasteiger partial charge < -0.3 is 39.4 Å². The van der Waals surface area contributed by atoms with Gasteiger partial charge in [-0.2, -0.15) is 0 Å². The Balaban J connectivity index is 1.87. The molecule has 0 atom stereocenters. The van der Waals surface area contributed by atoms with Crippen LogP contribution < -0.4 is 0 Å². The summed E-state index contributed by atoms with van der Waals surface area (Å²) in [4.78, 5) is 60.3. The molecule has 0 spiro atoms. The topological polar surface area (TPSA) is 186 Å². The number of aromatic hydroxyl groups is 4. The lowest BCUT2D eigenvalue weighted by molar-refractivity contribution is -0.156. The Morgan fingerprint density at radius 3 is 0.512 bits per heavy atom. The zero-order chi connectivity index (χ0) is 61.2. The molecule has 0 unspecified atom stereocenters. The highest BCUT2D eigenvalue weighted by Gasteiger charge is 2.38. The minimum Gasteiger partial charge on any atom is -0.507 e. The molecule has 80 heavy (non-hydrogen) atoms. The summed E-state index contributed by atoms with van der Waals surface area (Å²) in [5, 5.41) is 47.7. The molecule has 0 saturated carbocycles. The van der Waals surface area contributed by atoms with Gasteiger partial charge in [0.1, 0.15) is 49.4 Å². The maximum Gasteiger partial charge on any atom is 0.346 e. The van der Waals surface area contributed by atoms with Gasteiger partial charge in [-0.25, -0.2) is 19.2 Å². The van der Waals surface area contributed by atoms with Gasteiger partial charge in [-0.3, -0.25) is 0 Å². The van der Waals surface area contributed by atoms with Crippen molar-refractivity contribution >= 4 is 35.0 Å². The minimum absolute atomic E-state index is 0.0651. The Kier molecular flexibility index (Phi) is 17.7. The number of hydrogen-bond acceptors (Lipinski definition) is 12. The van der Waals surface area contributed by atoms with Crippen molar-refractivity contribution < 1.29 is 58.6 Å². The first kappa shape index (κ1) is 64.3. The molecule has 0 amide bonds. The Bertz CT molecular complexity index is 2600. The van der Waals surface area contributed by atoms with Crippen LogP contribution in [0.4, 0.5) is 0 Å². The van der Waals surface area contributed by atoms with E-state index >= 15 is 19.2 Å². The standard InChI is InChI=1S/C68H92O12/c1-61(2,3)41-29-37(30-42(53(41)69)62(4,5)6)49(38-31-43(63(7,8)9)54(70)44(32-38)64(10,11)12)51-57(73)77-25-27-79-59(75)52(60(76)80-28-26-78-58(51)74)50(39-33-45(65(13,14)15)55(71)46(34-39)66(16,17)18)40-35-47(67(19,20)21)56(72)48(36-40)68(22,23)24/h29-36,69-72H,25-28H2,1-24H3. The van der Waals surface area contributed by atoms with E-state index in [1.165, 1.54) is 0 Å². The van der Waals surface area contributed by atoms with Crippen LogP contribution >= 0.6 is 0 Å². The second-order valence-electron chi connectivity index (χ2n) is 29.7. The van der Waals surface area contributed by atoms with Crippen LogP contribution in [0.2, 0.25) is 0 Å². The van der Waals surface area contributed by atoms with E-state index in [0.717, 1.165) is 0 Å². The van der Waals surface area contributed by atoms with Crippen molar-refractivity contribution in [1.29, 1.82) is 0 Å². The van der Waals surface area contributed by atoms with Crippen LogP contribution in [0.3, 0.4) is 0 Å². The first-order chi connectivity index (χ1) is 36.1. The number of phenols is 4. The third kappa shape index (κ3) is 13.9. The molecule has 1 fully saturated rings. The zero-order valence-corrected chi connectivity index (χ0v) is 52.5. The van der Waals surface area contributed by atoms with Crippen molar-refractivity contribution in [2.24, 2.45) is 0 Å². The molecule has 12 heteroatoms. The van der Waals surface area contributed by atoms with Gasteiger partial charge in [-0.05, 0) is 114 Å². The fourth-order valence-electron chi connectivity index (χ4n) is 10.0. The zero-order valence-electron chi connectivity index (χ0n) is 52.5. The Morgan fingerprint density at radius 2 is 0.400 bits per heavy atom. The summed E-state index contributed by atoms with van der Waals surface area (Å²) in [6.07, 6.45) is 0. The molecule has 4 aromatic carbocycles. The number of rotatable bonds is 4. The first-order valence-electron chi connectivity index (χ1n) is 27.8. The van der Waals surface area contributed by atoms with Crippen LogP contribution in [0.25, 0.3) is 11.1 Å². The van der Waals surface area contributed by atoms with Gasteiger partial charge in [-0.15, -0.1) is 0 Å². The van der Waals surface area contributed by atoms with Crippen LogP contribution in [0, 0.1) is 0 Å². The van der Waals surface area contributed by atoms with Crippen LogP contribution in [0.15, 0.2) is 59.7 Å². The van der Waals surface area contributed by atoms with Gasteiger partial charge in [0.2, 0.25) is 0 Å². The van der Waals surface area contributed by atoms with Crippen molar-refractivity contribution in [2.75, 3.05) is 26.4 Å². The number of ether oxygens (including phenoxy) is 4. The van der Waals surface area contributed by atoms with Crippen LogP contribution in [-0.4, -0.2) is 70.7 Å². The smallest absolute Gasteiger partial charge is 0.346 e. The highest BCUT2D eigenvalue weighted by atomic mass is 16.6. The summed E-state index contributed by atoms with van der Waals surface area (Å²) in [5.41, 5.74) is -0.0863. The lowest BCUT2D eigenvalue weighted by atomic mass is 9.74. The summed E-state index contributed by atoms with van der Waals surface area (Å²) in [7, 11) is 0. The average molecular weight is 1100 g/mol. The predicted molar refractivity (Wildman–Crippen MR) is 318 cm³/mol. The fraction of sp³-hybridized carbons (Fsp3) is 0.529. The molecule has 5 rings (SSSR count). The van der Waals surface area contributed by atoms with Gasteiger partial charge in [0.05, 0.1) is 0 Å². The monoisotopic (exact) mass is 1100 g/mol. The Hall–Kier alpha value is -6.56. The van der Waals surface area contributed by atoms with Crippen molar-refractivity contribution in [3.05, 3.63) is 126 Å². The van der Waals surface area contributed by atoms with Crippen LogP contribution in [-0.2, 0) is 81.4 Å². The highest BCUT2D eigenvalue weighted by Crippen LogP contribution is 2.49. The number of esters is 4. The molecule has 0 bridgehead atoms. The number of carbonyl (C=O) groups is 4. The molecular formula is C68H92O12. The van der Waals surface area contributed by atoms with Gasteiger partial charge in [0.25, 0.3) is 0 Å². The number of hydrogen-bond donors (Lipinski definition) is 4. The van der Waals surface area contributed by atoms with Crippen LogP contribution in [0.5, 0.6) is 23.0 Å². The quantitative estimate of drug-likeness (QED) is 0.0657. The van der Waals surface area contributed by atoms with Crippen molar-refractivity contribution in [3.8, 4) is 23.0 Å². The summed E-state index contributed by atoms with van der Waals surface area (Å²) in [6.45, 7) is 44.5. The van der Waals surface area contributed by atoms with Crippen LogP contribution in [0.1, 0.15) is 233 Å². The van der Waals surface area contributed by atoms with Gasteiger partial charge in [-0.1, -0.05) is 166 Å². The van der Waals surface area contributed by atoms with E-state index in [4.69, 9.17) is 18.9 Å². The maximum absolute atomic E-state index is 15.1. The largest absolute Gasteiger partial charge is 0.507 e.